The van der Waals surface area contributed by atoms with Crippen LogP contribution >= 0.6 is 0 Å². The summed E-state index contributed by atoms with van der Waals surface area (Å²) in [5.74, 6) is -1.26. The summed E-state index contributed by atoms with van der Waals surface area (Å²) in [6.45, 7) is 1.25. The van der Waals surface area contributed by atoms with Gasteiger partial charge in [0, 0.05) is 26.2 Å². The molecule has 1 fully saturated rings. The molecule has 6 heteroatoms. The number of nitrogens with one attached hydrogen (secondary N) is 1. The first kappa shape index (κ1) is 19.3. The summed E-state index contributed by atoms with van der Waals surface area (Å²) in [7, 11) is 5.73. The zero-order valence-electron chi connectivity index (χ0n) is 15.9. The maximum atomic E-state index is 13.6. The number of urea groups is 1. The number of nitrogens with zero attached hydrogens (tertiary/aromatic N) is 2. The molecule has 0 spiro atoms. The summed E-state index contributed by atoms with van der Waals surface area (Å²) in [6, 6.07) is 11.2. The van der Waals surface area contributed by atoms with E-state index in [9.17, 15) is 13.6 Å². The average molecular weight is 373 g/mol. The standard InChI is InChI=1S/C21H25F2N3O/c1-25(2)13-15-6-4-5-7-16(15)14-26(3)20(27)24-21(8-9-21)17-10-18(22)12-19(23)11-17/h4-7,10-12H,8-9,13-14H2,1-3H3,(H,24,27). The van der Waals surface area contributed by atoms with Crippen molar-refractivity contribution in [2.75, 3.05) is 21.1 Å². The molecule has 27 heavy (non-hydrogen) atoms. The van der Waals surface area contributed by atoms with Crippen molar-refractivity contribution < 1.29 is 13.6 Å². The van der Waals surface area contributed by atoms with E-state index in [0.29, 0.717) is 24.9 Å². The zero-order valence-corrected chi connectivity index (χ0v) is 15.9. The van der Waals surface area contributed by atoms with Crippen molar-refractivity contribution in [2.45, 2.75) is 31.5 Å². The van der Waals surface area contributed by atoms with Crippen LogP contribution in [-0.2, 0) is 18.6 Å². The minimum Gasteiger partial charge on any atom is -0.328 e. The summed E-state index contributed by atoms with van der Waals surface area (Å²) >= 11 is 0. The van der Waals surface area contributed by atoms with Gasteiger partial charge in [0.1, 0.15) is 11.6 Å². The Morgan fingerprint density at radius 3 is 2.07 bits per heavy atom. The second-order valence-electron chi connectivity index (χ2n) is 7.53. The molecule has 0 bridgehead atoms. The highest BCUT2D eigenvalue weighted by molar-refractivity contribution is 5.75. The molecule has 0 unspecified atom stereocenters. The van der Waals surface area contributed by atoms with Gasteiger partial charge >= 0.3 is 6.03 Å². The Balaban J connectivity index is 1.70. The van der Waals surface area contributed by atoms with Crippen molar-refractivity contribution in [1.29, 1.82) is 0 Å². The van der Waals surface area contributed by atoms with Gasteiger partial charge in [-0.3, -0.25) is 0 Å². The van der Waals surface area contributed by atoms with Crippen molar-refractivity contribution in [1.82, 2.24) is 15.1 Å². The topological polar surface area (TPSA) is 35.6 Å². The number of halogens is 2. The van der Waals surface area contributed by atoms with Crippen LogP contribution in [0.25, 0.3) is 0 Å². The Bertz CT molecular complexity index is 814. The molecular weight excluding hydrogens is 348 g/mol. The quantitative estimate of drug-likeness (QED) is 0.835. The second kappa shape index (κ2) is 7.64. The van der Waals surface area contributed by atoms with E-state index < -0.39 is 17.2 Å². The molecule has 1 aliphatic rings. The number of carbonyl (C=O) groups excluding carboxylic acids is 1. The van der Waals surface area contributed by atoms with Crippen LogP contribution in [0.4, 0.5) is 13.6 Å². The van der Waals surface area contributed by atoms with Gasteiger partial charge < -0.3 is 15.1 Å². The van der Waals surface area contributed by atoms with Crippen LogP contribution in [0, 0.1) is 11.6 Å². The van der Waals surface area contributed by atoms with Gasteiger partial charge in [-0.05, 0) is 55.8 Å². The lowest BCUT2D eigenvalue weighted by molar-refractivity contribution is 0.201. The van der Waals surface area contributed by atoms with E-state index in [0.717, 1.165) is 23.7 Å². The Morgan fingerprint density at radius 2 is 1.56 bits per heavy atom. The van der Waals surface area contributed by atoms with Gasteiger partial charge in [0.25, 0.3) is 0 Å². The molecule has 0 aromatic heterocycles. The van der Waals surface area contributed by atoms with Gasteiger partial charge in [-0.25, -0.2) is 13.6 Å². The molecular formula is C21H25F2N3O. The van der Waals surface area contributed by atoms with Crippen LogP contribution in [-0.4, -0.2) is 37.0 Å². The van der Waals surface area contributed by atoms with Gasteiger partial charge in [0.15, 0.2) is 0 Å². The van der Waals surface area contributed by atoms with Crippen LogP contribution in [0.3, 0.4) is 0 Å². The first-order chi connectivity index (χ1) is 12.8. The monoisotopic (exact) mass is 373 g/mol. The van der Waals surface area contributed by atoms with E-state index in [1.165, 1.54) is 12.1 Å². The number of benzene rings is 2. The zero-order chi connectivity index (χ0) is 19.6. The minimum absolute atomic E-state index is 0.253. The van der Waals surface area contributed by atoms with Gasteiger partial charge in [0.2, 0.25) is 0 Å². The average Bonchev–Trinajstić information content (AvgIpc) is 3.36. The van der Waals surface area contributed by atoms with E-state index in [2.05, 4.69) is 16.3 Å². The fourth-order valence-corrected chi connectivity index (χ4v) is 3.28. The van der Waals surface area contributed by atoms with Gasteiger partial charge in [-0.2, -0.15) is 0 Å². The molecule has 0 radical (unpaired) electrons. The fourth-order valence-electron chi connectivity index (χ4n) is 3.28. The third-order valence-corrected chi connectivity index (χ3v) is 4.87. The highest BCUT2D eigenvalue weighted by atomic mass is 19.1. The molecule has 1 aliphatic carbocycles. The van der Waals surface area contributed by atoms with Gasteiger partial charge in [-0.15, -0.1) is 0 Å². The van der Waals surface area contributed by atoms with Crippen molar-refractivity contribution in [2.24, 2.45) is 0 Å². The molecule has 2 aromatic rings. The summed E-state index contributed by atoms with van der Waals surface area (Å²) in [6.07, 6.45) is 1.35. The molecule has 2 amide bonds. The maximum absolute atomic E-state index is 13.6. The Morgan fingerprint density at radius 1 is 1.00 bits per heavy atom. The first-order valence-electron chi connectivity index (χ1n) is 9.00. The van der Waals surface area contributed by atoms with E-state index in [4.69, 9.17) is 0 Å². The third-order valence-electron chi connectivity index (χ3n) is 4.87. The van der Waals surface area contributed by atoms with Crippen molar-refractivity contribution >= 4 is 6.03 Å². The van der Waals surface area contributed by atoms with E-state index in [1.807, 2.05) is 32.3 Å². The molecule has 3 rings (SSSR count). The van der Waals surface area contributed by atoms with Crippen molar-refractivity contribution in [3.8, 4) is 0 Å². The van der Waals surface area contributed by atoms with E-state index in [-0.39, 0.29) is 6.03 Å². The second-order valence-corrected chi connectivity index (χ2v) is 7.53. The van der Waals surface area contributed by atoms with Gasteiger partial charge in [0.05, 0.1) is 5.54 Å². The molecule has 2 aromatic carbocycles. The highest BCUT2D eigenvalue weighted by Gasteiger charge is 2.46. The number of rotatable bonds is 6. The van der Waals surface area contributed by atoms with Crippen molar-refractivity contribution in [3.63, 3.8) is 0 Å². The van der Waals surface area contributed by atoms with Crippen molar-refractivity contribution in [3.05, 3.63) is 70.8 Å². The van der Waals surface area contributed by atoms with Crippen LogP contribution < -0.4 is 5.32 Å². The maximum Gasteiger partial charge on any atom is 0.318 e. The third kappa shape index (κ3) is 4.63. The molecule has 0 heterocycles. The van der Waals surface area contributed by atoms with Crippen LogP contribution in [0.15, 0.2) is 42.5 Å². The number of hydrogen-bond acceptors (Lipinski definition) is 2. The van der Waals surface area contributed by atoms with E-state index >= 15 is 0 Å². The molecule has 144 valence electrons. The summed E-state index contributed by atoms with van der Waals surface area (Å²) < 4.78 is 27.1. The smallest absolute Gasteiger partial charge is 0.318 e. The molecule has 0 aliphatic heterocycles. The first-order valence-corrected chi connectivity index (χ1v) is 9.00. The fraction of sp³-hybridized carbons (Fsp3) is 0.381. The lowest BCUT2D eigenvalue weighted by Gasteiger charge is -2.25. The molecule has 0 saturated heterocycles. The lowest BCUT2D eigenvalue weighted by Crippen LogP contribution is -2.43. The van der Waals surface area contributed by atoms with Crippen LogP contribution in [0.1, 0.15) is 29.5 Å². The largest absolute Gasteiger partial charge is 0.328 e. The molecule has 4 nitrogen and oxygen atoms in total. The predicted octanol–water partition coefficient (Wildman–Crippen LogP) is 3.86. The highest BCUT2D eigenvalue weighted by Crippen LogP contribution is 2.46. The Kier molecular flexibility index (Phi) is 5.46. The molecule has 1 saturated carbocycles. The minimum atomic E-state index is -0.669. The summed E-state index contributed by atoms with van der Waals surface area (Å²) in [5, 5.41) is 2.96. The number of amides is 2. The van der Waals surface area contributed by atoms with Crippen LogP contribution in [0.2, 0.25) is 0 Å². The summed E-state index contributed by atoms with van der Waals surface area (Å²) in [4.78, 5) is 16.4. The van der Waals surface area contributed by atoms with E-state index in [1.54, 1.807) is 11.9 Å². The lowest BCUT2D eigenvalue weighted by atomic mass is 10.0. The van der Waals surface area contributed by atoms with Crippen LogP contribution in [0.5, 0.6) is 0 Å². The Hall–Kier alpha value is -2.47. The SMILES string of the molecule is CN(C)Cc1ccccc1CN(C)C(=O)NC1(c2cc(F)cc(F)c2)CC1. The predicted molar refractivity (Wildman–Crippen MR) is 101 cm³/mol. The molecule has 0 atom stereocenters. The van der Waals surface area contributed by atoms with Gasteiger partial charge in [-0.1, -0.05) is 24.3 Å². The number of carbonyl (C=O) groups is 1. The number of hydrogen-bond donors (Lipinski definition) is 1. The normalized spacial score (nSPS) is 14.9. The summed E-state index contributed by atoms with van der Waals surface area (Å²) in [5.41, 5.74) is 2.05. The molecule has 1 N–H and O–H groups in total. The Labute approximate surface area is 158 Å².